The molecule has 1 aromatic carbocycles. The number of piperidine rings is 1. The van der Waals surface area contributed by atoms with Crippen LogP contribution in [0.15, 0.2) is 24.3 Å². The van der Waals surface area contributed by atoms with Crippen LogP contribution in [-0.4, -0.2) is 54.8 Å². The van der Waals surface area contributed by atoms with Crippen molar-refractivity contribution >= 4 is 17.7 Å². The van der Waals surface area contributed by atoms with E-state index in [1.165, 1.54) is 0 Å². The lowest BCUT2D eigenvalue weighted by Gasteiger charge is -2.33. The quantitative estimate of drug-likeness (QED) is 0.741. The van der Waals surface area contributed by atoms with Gasteiger partial charge < -0.3 is 9.47 Å². The minimum Gasteiger partial charge on any atom is -0.460 e. The Morgan fingerprint density at radius 3 is 2.46 bits per heavy atom. The Balaban J connectivity index is 1.49. The van der Waals surface area contributed by atoms with E-state index in [1.807, 2.05) is 20.8 Å². The van der Waals surface area contributed by atoms with Gasteiger partial charge in [0.25, 0.3) is 0 Å². The van der Waals surface area contributed by atoms with Gasteiger partial charge >= 0.3 is 12.1 Å². The highest BCUT2D eigenvalue weighted by Gasteiger charge is 2.35. The van der Waals surface area contributed by atoms with Crippen LogP contribution in [0.1, 0.15) is 39.2 Å². The van der Waals surface area contributed by atoms with Crippen molar-refractivity contribution in [1.29, 1.82) is 5.26 Å². The van der Waals surface area contributed by atoms with Crippen LogP contribution < -0.4 is 4.90 Å². The van der Waals surface area contributed by atoms with Gasteiger partial charge in [-0.05, 0) is 71.0 Å². The van der Waals surface area contributed by atoms with Crippen LogP contribution in [0.25, 0.3) is 0 Å². The van der Waals surface area contributed by atoms with Crippen molar-refractivity contribution in [1.82, 2.24) is 4.90 Å². The van der Waals surface area contributed by atoms with Crippen LogP contribution in [0, 0.1) is 17.2 Å². The molecule has 2 aliphatic heterocycles. The minimum atomic E-state index is -0.457. The molecule has 1 aromatic rings. The first kappa shape index (κ1) is 20.2. The Morgan fingerprint density at radius 2 is 1.89 bits per heavy atom. The van der Waals surface area contributed by atoms with Crippen molar-refractivity contribution in [2.24, 2.45) is 5.92 Å². The molecule has 150 valence electrons. The minimum absolute atomic E-state index is 0.0586. The van der Waals surface area contributed by atoms with Gasteiger partial charge in [0.2, 0.25) is 0 Å². The number of amides is 1. The molecule has 0 N–H and O–H groups in total. The maximum Gasteiger partial charge on any atom is 0.414 e. The van der Waals surface area contributed by atoms with E-state index < -0.39 is 5.60 Å². The van der Waals surface area contributed by atoms with E-state index in [0.717, 1.165) is 31.6 Å². The number of anilines is 1. The maximum atomic E-state index is 12.2. The Labute approximate surface area is 165 Å². The Bertz CT molecular complexity index is 755. The number of likely N-dealkylation sites (tertiary alicyclic amines) is 1. The van der Waals surface area contributed by atoms with Crippen LogP contribution >= 0.6 is 0 Å². The third-order valence-corrected chi connectivity index (χ3v) is 4.97. The Hall–Kier alpha value is -2.59. The molecule has 28 heavy (non-hydrogen) atoms. The maximum absolute atomic E-state index is 12.2. The highest BCUT2D eigenvalue weighted by molar-refractivity contribution is 5.89. The monoisotopic (exact) mass is 385 g/mol. The molecule has 0 bridgehead atoms. The van der Waals surface area contributed by atoms with Gasteiger partial charge in [0.05, 0.1) is 24.1 Å². The summed E-state index contributed by atoms with van der Waals surface area (Å²) >= 11 is 0. The van der Waals surface area contributed by atoms with Crippen molar-refractivity contribution in [3.05, 3.63) is 29.8 Å². The lowest BCUT2D eigenvalue weighted by Crippen LogP contribution is -2.42. The van der Waals surface area contributed by atoms with Crippen molar-refractivity contribution < 1.29 is 19.1 Å². The first-order chi connectivity index (χ1) is 13.2. The molecule has 1 amide bonds. The number of benzene rings is 1. The number of esters is 1. The molecule has 2 heterocycles. The van der Waals surface area contributed by atoms with Gasteiger partial charge in [-0.25, -0.2) is 4.79 Å². The number of hydrogen-bond acceptors (Lipinski definition) is 6. The van der Waals surface area contributed by atoms with Gasteiger partial charge in [0.1, 0.15) is 11.7 Å². The molecule has 7 heteroatoms. The van der Waals surface area contributed by atoms with E-state index in [0.29, 0.717) is 18.7 Å². The predicted molar refractivity (Wildman–Crippen MR) is 104 cm³/mol. The molecule has 2 fully saturated rings. The van der Waals surface area contributed by atoms with E-state index >= 15 is 0 Å². The fourth-order valence-corrected chi connectivity index (χ4v) is 3.57. The van der Waals surface area contributed by atoms with Gasteiger partial charge in [-0.1, -0.05) is 0 Å². The summed E-state index contributed by atoms with van der Waals surface area (Å²) in [6.07, 6.45) is 0.948. The summed E-state index contributed by atoms with van der Waals surface area (Å²) < 4.78 is 11.0. The van der Waals surface area contributed by atoms with E-state index in [1.54, 1.807) is 29.2 Å². The largest absolute Gasteiger partial charge is 0.460 e. The Kier molecular flexibility index (Phi) is 5.90. The molecule has 0 aliphatic carbocycles. The zero-order chi connectivity index (χ0) is 20.3. The average molecular weight is 385 g/mol. The number of cyclic esters (lactones) is 1. The van der Waals surface area contributed by atoms with Crippen LogP contribution in [-0.2, 0) is 14.3 Å². The summed E-state index contributed by atoms with van der Waals surface area (Å²) in [4.78, 5) is 28.3. The molecule has 0 aromatic heterocycles. The number of hydrogen-bond donors (Lipinski definition) is 0. The van der Waals surface area contributed by atoms with Gasteiger partial charge in [-0.2, -0.15) is 5.26 Å². The first-order valence-corrected chi connectivity index (χ1v) is 9.69. The third-order valence-electron chi connectivity index (χ3n) is 4.97. The van der Waals surface area contributed by atoms with Crippen LogP contribution in [0.2, 0.25) is 0 Å². The molecule has 2 aliphatic rings. The van der Waals surface area contributed by atoms with Crippen LogP contribution in [0.3, 0.4) is 0 Å². The number of nitriles is 1. The van der Waals surface area contributed by atoms with Crippen molar-refractivity contribution in [2.75, 3.05) is 31.1 Å². The highest BCUT2D eigenvalue weighted by Crippen LogP contribution is 2.25. The SMILES string of the molecule is CC(C)(C)OC(=O)C1CCN(C[C@H]2CN(c3ccc(C#N)cc3)C(=O)O2)CC1. The van der Waals surface area contributed by atoms with Crippen LogP contribution in [0.4, 0.5) is 10.5 Å². The summed E-state index contributed by atoms with van der Waals surface area (Å²) in [5.74, 6) is -0.178. The van der Waals surface area contributed by atoms with Gasteiger partial charge in [-0.3, -0.25) is 14.6 Å². The third kappa shape index (κ3) is 5.02. The summed E-state index contributed by atoms with van der Waals surface area (Å²) in [5.41, 5.74) is 0.831. The summed E-state index contributed by atoms with van der Waals surface area (Å²) in [6.45, 7) is 8.36. The Morgan fingerprint density at radius 1 is 1.25 bits per heavy atom. The molecule has 7 nitrogen and oxygen atoms in total. The van der Waals surface area contributed by atoms with Gasteiger partial charge in [-0.15, -0.1) is 0 Å². The number of carbonyl (C=O) groups is 2. The summed E-state index contributed by atoms with van der Waals surface area (Å²) in [7, 11) is 0. The van der Waals surface area contributed by atoms with E-state index in [9.17, 15) is 9.59 Å². The molecule has 0 saturated carbocycles. The standard InChI is InChI=1S/C21H27N3O4/c1-21(2,3)28-19(25)16-8-10-23(11-9-16)13-18-14-24(20(26)27-18)17-6-4-15(12-22)5-7-17/h4-7,16,18H,8-11,13-14H2,1-3H3/t18-/m0/s1. The lowest BCUT2D eigenvalue weighted by molar-refractivity contribution is -0.161. The zero-order valence-corrected chi connectivity index (χ0v) is 16.7. The number of ether oxygens (including phenoxy) is 2. The number of nitrogens with zero attached hydrogens (tertiary/aromatic N) is 3. The van der Waals surface area contributed by atoms with Gasteiger partial charge in [0, 0.05) is 12.2 Å². The molecule has 0 spiro atoms. The van der Waals surface area contributed by atoms with Gasteiger partial charge in [0.15, 0.2) is 0 Å². The molecule has 2 saturated heterocycles. The van der Waals surface area contributed by atoms with Crippen LogP contribution in [0.5, 0.6) is 0 Å². The topological polar surface area (TPSA) is 82.9 Å². The van der Waals surface area contributed by atoms with E-state index in [2.05, 4.69) is 11.0 Å². The smallest absolute Gasteiger partial charge is 0.414 e. The second kappa shape index (κ2) is 8.19. The highest BCUT2D eigenvalue weighted by atomic mass is 16.6. The normalized spacial score (nSPS) is 21.3. The van der Waals surface area contributed by atoms with Crippen molar-refractivity contribution in [3.63, 3.8) is 0 Å². The molecular formula is C21H27N3O4. The summed E-state index contributed by atoms with van der Waals surface area (Å²) in [6, 6.07) is 8.97. The lowest BCUT2D eigenvalue weighted by atomic mass is 9.96. The zero-order valence-electron chi connectivity index (χ0n) is 16.7. The fourth-order valence-electron chi connectivity index (χ4n) is 3.57. The van der Waals surface area contributed by atoms with E-state index in [-0.39, 0.29) is 24.1 Å². The molecular weight excluding hydrogens is 358 g/mol. The fraction of sp³-hybridized carbons (Fsp3) is 0.571. The molecule has 3 rings (SSSR count). The molecule has 0 radical (unpaired) electrons. The first-order valence-electron chi connectivity index (χ1n) is 9.69. The number of rotatable bonds is 4. The average Bonchev–Trinajstić information content (AvgIpc) is 3.01. The van der Waals surface area contributed by atoms with Crippen molar-refractivity contribution in [3.8, 4) is 6.07 Å². The number of carbonyl (C=O) groups excluding carboxylic acids is 2. The second-order valence-corrected chi connectivity index (χ2v) is 8.38. The molecule has 0 unspecified atom stereocenters. The van der Waals surface area contributed by atoms with Crippen molar-refractivity contribution in [2.45, 2.75) is 45.3 Å². The second-order valence-electron chi connectivity index (χ2n) is 8.38. The van der Waals surface area contributed by atoms with E-state index in [4.69, 9.17) is 14.7 Å². The summed E-state index contributed by atoms with van der Waals surface area (Å²) in [5, 5.41) is 8.89. The molecule has 1 atom stereocenters. The predicted octanol–water partition coefficient (Wildman–Crippen LogP) is 2.94.